The molecular formula is C14H12BrClN2O. The monoisotopic (exact) mass is 338 g/mol. The van der Waals surface area contributed by atoms with Gasteiger partial charge in [0.2, 0.25) is 0 Å². The summed E-state index contributed by atoms with van der Waals surface area (Å²) in [4.78, 5) is 9.02. The van der Waals surface area contributed by atoms with Crippen molar-refractivity contribution in [2.24, 2.45) is 0 Å². The van der Waals surface area contributed by atoms with Crippen molar-refractivity contribution in [3.8, 4) is 11.4 Å². The molecule has 0 radical (unpaired) electrons. The topological polar surface area (TPSA) is 35.0 Å². The van der Waals surface area contributed by atoms with E-state index < -0.39 is 0 Å². The van der Waals surface area contributed by atoms with Gasteiger partial charge < -0.3 is 4.74 Å². The van der Waals surface area contributed by atoms with Crippen LogP contribution in [-0.4, -0.2) is 16.6 Å². The van der Waals surface area contributed by atoms with Crippen molar-refractivity contribution < 1.29 is 4.74 Å². The highest BCUT2D eigenvalue weighted by Gasteiger charge is 2.18. The Bertz CT molecular complexity index is 646. The molecule has 19 heavy (non-hydrogen) atoms. The predicted molar refractivity (Wildman–Crippen MR) is 78.3 cm³/mol. The normalized spacial score (nSPS) is 14.3. The molecule has 0 aliphatic carbocycles. The summed E-state index contributed by atoms with van der Waals surface area (Å²) in [6, 6.07) is 6.10. The van der Waals surface area contributed by atoms with E-state index in [1.807, 2.05) is 19.1 Å². The van der Waals surface area contributed by atoms with E-state index in [-0.39, 0.29) is 0 Å². The van der Waals surface area contributed by atoms with Crippen molar-refractivity contribution in [2.45, 2.75) is 20.0 Å². The maximum absolute atomic E-state index is 6.23. The number of aromatic nitrogens is 2. The van der Waals surface area contributed by atoms with E-state index in [0.29, 0.717) is 24.2 Å². The summed E-state index contributed by atoms with van der Waals surface area (Å²) in [7, 11) is 0. The summed E-state index contributed by atoms with van der Waals surface area (Å²) >= 11 is 9.79. The van der Waals surface area contributed by atoms with Crippen LogP contribution in [0.1, 0.15) is 16.8 Å². The molecule has 3 nitrogen and oxygen atoms in total. The molecule has 1 aromatic carbocycles. The molecule has 1 aliphatic rings. The average molecular weight is 340 g/mol. The molecule has 2 aromatic rings. The molecule has 3 rings (SSSR count). The maximum atomic E-state index is 6.23. The van der Waals surface area contributed by atoms with Crippen LogP contribution < -0.4 is 0 Å². The smallest absolute Gasteiger partial charge is 0.162 e. The number of aryl methyl sites for hydroxylation is 1. The minimum Gasteiger partial charge on any atom is -0.376 e. The highest BCUT2D eigenvalue weighted by atomic mass is 79.9. The van der Waals surface area contributed by atoms with Crippen molar-refractivity contribution in [1.82, 2.24) is 9.97 Å². The lowest BCUT2D eigenvalue weighted by Crippen LogP contribution is -2.14. The van der Waals surface area contributed by atoms with E-state index in [1.54, 1.807) is 0 Å². The molecule has 1 aromatic heterocycles. The standard InChI is InChI=1S/C14H12BrClN2O/c1-8-2-3-9(11(15)6-8)14-17-12-4-5-19-7-10(12)13(16)18-14/h2-3,6H,4-5,7H2,1H3. The van der Waals surface area contributed by atoms with Crippen LogP contribution in [0, 0.1) is 6.92 Å². The molecule has 0 bridgehead atoms. The first-order valence-corrected chi connectivity index (χ1v) is 7.22. The van der Waals surface area contributed by atoms with Crippen molar-refractivity contribution in [1.29, 1.82) is 0 Å². The summed E-state index contributed by atoms with van der Waals surface area (Å²) < 4.78 is 6.37. The molecule has 0 N–H and O–H groups in total. The van der Waals surface area contributed by atoms with Crippen LogP contribution in [0.3, 0.4) is 0 Å². The van der Waals surface area contributed by atoms with Crippen LogP contribution in [0.4, 0.5) is 0 Å². The van der Waals surface area contributed by atoms with Gasteiger partial charge in [0, 0.05) is 22.0 Å². The molecule has 0 atom stereocenters. The highest BCUT2D eigenvalue weighted by Crippen LogP contribution is 2.30. The number of rotatable bonds is 1. The number of hydrogen-bond acceptors (Lipinski definition) is 3. The Morgan fingerprint density at radius 2 is 2.16 bits per heavy atom. The summed E-state index contributed by atoms with van der Waals surface area (Å²) in [6.07, 6.45) is 0.786. The van der Waals surface area contributed by atoms with Gasteiger partial charge in [-0.2, -0.15) is 0 Å². The largest absolute Gasteiger partial charge is 0.376 e. The fourth-order valence-corrected chi connectivity index (χ4v) is 3.03. The van der Waals surface area contributed by atoms with Crippen molar-refractivity contribution >= 4 is 27.5 Å². The second-order valence-corrected chi connectivity index (χ2v) is 5.76. The second kappa shape index (κ2) is 5.19. The minimum absolute atomic E-state index is 0.493. The lowest BCUT2D eigenvalue weighted by atomic mass is 10.1. The van der Waals surface area contributed by atoms with Crippen LogP contribution >= 0.6 is 27.5 Å². The van der Waals surface area contributed by atoms with Crippen LogP contribution in [0.2, 0.25) is 5.15 Å². The zero-order chi connectivity index (χ0) is 13.4. The van der Waals surface area contributed by atoms with Crippen LogP contribution in [0.15, 0.2) is 22.7 Å². The van der Waals surface area contributed by atoms with Crippen molar-refractivity contribution in [3.05, 3.63) is 44.6 Å². The number of ether oxygens (including phenoxy) is 1. The zero-order valence-electron chi connectivity index (χ0n) is 10.4. The highest BCUT2D eigenvalue weighted by molar-refractivity contribution is 9.10. The van der Waals surface area contributed by atoms with E-state index in [2.05, 4.69) is 32.0 Å². The number of benzene rings is 1. The quantitative estimate of drug-likeness (QED) is 0.738. The van der Waals surface area contributed by atoms with Gasteiger partial charge in [0.15, 0.2) is 5.82 Å². The van der Waals surface area contributed by atoms with Gasteiger partial charge in [-0.15, -0.1) is 0 Å². The fourth-order valence-electron chi connectivity index (χ4n) is 2.11. The summed E-state index contributed by atoms with van der Waals surface area (Å²) in [5, 5.41) is 0.493. The Balaban J connectivity index is 2.13. The first-order chi connectivity index (χ1) is 9.15. The number of nitrogens with zero attached hydrogens (tertiary/aromatic N) is 2. The molecule has 0 fully saturated rings. The average Bonchev–Trinajstić information content (AvgIpc) is 2.38. The van der Waals surface area contributed by atoms with E-state index in [0.717, 1.165) is 27.7 Å². The molecule has 5 heteroatoms. The van der Waals surface area contributed by atoms with Gasteiger partial charge in [0.05, 0.1) is 18.9 Å². The lowest BCUT2D eigenvalue weighted by molar-refractivity contribution is 0.109. The predicted octanol–water partition coefficient (Wildman–Crippen LogP) is 3.94. The Morgan fingerprint density at radius 1 is 1.32 bits per heavy atom. The molecule has 0 spiro atoms. The number of fused-ring (bicyclic) bond motifs is 1. The first-order valence-electron chi connectivity index (χ1n) is 6.04. The van der Waals surface area contributed by atoms with Gasteiger partial charge in [-0.05, 0) is 24.6 Å². The Kier molecular flexibility index (Phi) is 3.56. The zero-order valence-corrected chi connectivity index (χ0v) is 12.8. The summed E-state index contributed by atoms with van der Waals surface area (Å²) in [5.74, 6) is 0.664. The first kappa shape index (κ1) is 13.0. The molecule has 0 unspecified atom stereocenters. The Hall–Kier alpha value is -0.970. The molecular weight excluding hydrogens is 328 g/mol. The van der Waals surface area contributed by atoms with Gasteiger partial charge in [0.25, 0.3) is 0 Å². The van der Waals surface area contributed by atoms with E-state index in [9.17, 15) is 0 Å². The van der Waals surface area contributed by atoms with Crippen molar-refractivity contribution in [2.75, 3.05) is 6.61 Å². The van der Waals surface area contributed by atoms with E-state index in [4.69, 9.17) is 16.3 Å². The number of hydrogen-bond donors (Lipinski definition) is 0. The molecule has 2 heterocycles. The van der Waals surface area contributed by atoms with Gasteiger partial charge in [-0.1, -0.05) is 33.6 Å². The Labute approximate surface area is 125 Å². The van der Waals surface area contributed by atoms with Gasteiger partial charge in [-0.3, -0.25) is 0 Å². The SMILES string of the molecule is Cc1ccc(-c2nc(Cl)c3c(n2)CCOC3)c(Br)c1. The molecule has 98 valence electrons. The third kappa shape index (κ3) is 2.53. The third-order valence-corrected chi connectivity index (χ3v) is 4.11. The van der Waals surface area contributed by atoms with Gasteiger partial charge >= 0.3 is 0 Å². The van der Waals surface area contributed by atoms with Crippen LogP contribution in [0.5, 0.6) is 0 Å². The van der Waals surface area contributed by atoms with Crippen LogP contribution in [0.25, 0.3) is 11.4 Å². The van der Waals surface area contributed by atoms with Crippen LogP contribution in [-0.2, 0) is 17.8 Å². The second-order valence-electron chi connectivity index (χ2n) is 4.55. The summed E-state index contributed by atoms with van der Waals surface area (Å²) in [5.41, 5.74) is 4.06. The molecule has 0 saturated carbocycles. The molecule has 0 amide bonds. The number of halogens is 2. The minimum atomic E-state index is 0.493. The third-order valence-electron chi connectivity index (χ3n) is 3.14. The Morgan fingerprint density at radius 3 is 2.95 bits per heavy atom. The fraction of sp³-hybridized carbons (Fsp3) is 0.286. The molecule has 0 saturated heterocycles. The molecule has 1 aliphatic heterocycles. The van der Waals surface area contributed by atoms with Gasteiger partial charge in [-0.25, -0.2) is 9.97 Å². The lowest BCUT2D eigenvalue weighted by Gasteiger charge is -2.17. The van der Waals surface area contributed by atoms with E-state index in [1.165, 1.54) is 5.56 Å². The van der Waals surface area contributed by atoms with E-state index >= 15 is 0 Å². The van der Waals surface area contributed by atoms with Gasteiger partial charge in [0.1, 0.15) is 5.15 Å². The maximum Gasteiger partial charge on any atom is 0.162 e. The van der Waals surface area contributed by atoms with Crippen molar-refractivity contribution in [3.63, 3.8) is 0 Å². The summed E-state index contributed by atoms with van der Waals surface area (Å²) in [6.45, 7) is 3.24.